The second kappa shape index (κ2) is 8.40. The number of halogens is 1. The van der Waals surface area contributed by atoms with E-state index in [0.717, 1.165) is 22.0 Å². The first-order valence-electron chi connectivity index (χ1n) is 8.33. The molecule has 0 spiro atoms. The first-order valence-corrected chi connectivity index (χ1v) is 9.32. The lowest BCUT2D eigenvalue weighted by Gasteiger charge is -2.17. The Hall–Kier alpha value is -1.99. The molecule has 1 aliphatic heterocycles. The van der Waals surface area contributed by atoms with E-state index in [4.69, 9.17) is 0 Å². The maximum Gasteiger partial charge on any atom is 0.224 e. The number of thioether (sulfide) groups is 1. The molecule has 1 N–H and O–H groups in total. The molecule has 0 aliphatic carbocycles. The summed E-state index contributed by atoms with van der Waals surface area (Å²) in [6.07, 6.45) is 4.13. The Morgan fingerprint density at radius 1 is 1.24 bits per heavy atom. The van der Waals surface area contributed by atoms with E-state index in [9.17, 15) is 9.18 Å². The van der Waals surface area contributed by atoms with E-state index < -0.39 is 0 Å². The van der Waals surface area contributed by atoms with Gasteiger partial charge in [-0.15, -0.1) is 0 Å². The molecule has 0 radical (unpaired) electrons. The molecule has 1 aliphatic rings. The van der Waals surface area contributed by atoms with Gasteiger partial charge in [-0.25, -0.2) is 14.4 Å². The molecule has 2 aromatic rings. The number of hydrogen-bond donors (Lipinski definition) is 1. The highest BCUT2D eigenvalue weighted by Gasteiger charge is 2.29. The Kier molecular flexibility index (Phi) is 5.99. The number of nitrogens with zero attached hydrogens (tertiary/aromatic N) is 3. The third kappa shape index (κ3) is 4.99. The molecule has 1 saturated heterocycles. The Labute approximate surface area is 151 Å². The molecular formula is C18H21FN4OS. The topological polar surface area (TPSA) is 58.1 Å². The zero-order valence-corrected chi connectivity index (χ0v) is 14.9. The summed E-state index contributed by atoms with van der Waals surface area (Å²) < 4.78 is 13.0. The molecule has 7 heteroatoms. The molecule has 0 bridgehead atoms. The van der Waals surface area contributed by atoms with Crippen molar-refractivity contribution in [2.24, 2.45) is 0 Å². The van der Waals surface area contributed by atoms with Gasteiger partial charge in [-0.05, 0) is 23.4 Å². The predicted octanol–water partition coefficient (Wildman–Crippen LogP) is 2.62. The minimum absolute atomic E-state index is 0.109. The maximum absolute atomic E-state index is 13.0. The smallest absolute Gasteiger partial charge is 0.224 e. The molecule has 132 valence electrons. The molecule has 25 heavy (non-hydrogen) atoms. The number of benzene rings is 1. The number of carbonyl (C=O) groups excluding carboxylic acids is 1. The van der Waals surface area contributed by atoms with E-state index in [1.165, 1.54) is 12.1 Å². The summed E-state index contributed by atoms with van der Waals surface area (Å²) in [7, 11) is 0. The fraction of sp³-hybridized carbons (Fsp3) is 0.389. The summed E-state index contributed by atoms with van der Waals surface area (Å²) >= 11 is 1.61. The minimum Gasteiger partial charge on any atom is -0.337 e. The van der Waals surface area contributed by atoms with E-state index in [-0.39, 0.29) is 17.8 Å². The van der Waals surface area contributed by atoms with Crippen LogP contribution < -0.4 is 5.32 Å². The van der Waals surface area contributed by atoms with Crippen molar-refractivity contribution >= 4 is 17.7 Å². The SMILES string of the molecule is CCSc1ncc(CN[C@@H]2CC(=O)N(Cc3ccc(F)cc3)C2)cn1. The van der Waals surface area contributed by atoms with Crippen LogP contribution in [-0.4, -0.2) is 39.1 Å². The summed E-state index contributed by atoms with van der Waals surface area (Å²) in [5.74, 6) is 0.806. The van der Waals surface area contributed by atoms with Crippen molar-refractivity contribution in [3.8, 4) is 0 Å². The summed E-state index contributed by atoms with van der Waals surface area (Å²) in [6.45, 7) is 3.88. The van der Waals surface area contributed by atoms with Gasteiger partial charge >= 0.3 is 0 Å². The van der Waals surface area contributed by atoms with Crippen LogP contribution >= 0.6 is 11.8 Å². The number of hydrogen-bond acceptors (Lipinski definition) is 5. The van der Waals surface area contributed by atoms with Gasteiger partial charge in [-0.3, -0.25) is 4.79 Å². The van der Waals surface area contributed by atoms with Crippen molar-refractivity contribution in [3.63, 3.8) is 0 Å². The highest BCUT2D eigenvalue weighted by Crippen LogP contribution is 2.16. The van der Waals surface area contributed by atoms with Gasteiger partial charge in [0.05, 0.1) is 0 Å². The number of likely N-dealkylation sites (tertiary alicyclic amines) is 1. The van der Waals surface area contributed by atoms with Crippen molar-refractivity contribution < 1.29 is 9.18 Å². The van der Waals surface area contributed by atoms with Crippen LogP contribution in [0.15, 0.2) is 41.8 Å². The van der Waals surface area contributed by atoms with E-state index in [1.54, 1.807) is 23.9 Å². The van der Waals surface area contributed by atoms with E-state index in [0.29, 0.717) is 26.1 Å². The van der Waals surface area contributed by atoms with E-state index >= 15 is 0 Å². The molecule has 1 atom stereocenters. The highest BCUT2D eigenvalue weighted by molar-refractivity contribution is 7.99. The zero-order chi connectivity index (χ0) is 17.6. The third-order valence-corrected chi connectivity index (χ3v) is 4.81. The van der Waals surface area contributed by atoms with Crippen LogP contribution in [0.1, 0.15) is 24.5 Å². The Balaban J connectivity index is 1.49. The van der Waals surface area contributed by atoms with Gasteiger partial charge < -0.3 is 10.2 Å². The highest BCUT2D eigenvalue weighted by atomic mass is 32.2. The van der Waals surface area contributed by atoms with Crippen LogP contribution in [0.5, 0.6) is 0 Å². The van der Waals surface area contributed by atoms with Gasteiger partial charge in [0, 0.05) is 50.1 Å². The van der Waals surface area contributed by atoms with Gasteiger partial charge in [0.1, 0.15) is 5.82 Å². The average molecular weight is 360 g/mol. The zero-order valence-electron chi connectivity index (χ0n) is 14.1. The van der Waals surface area contributed by atoms with Crippen LogP contribution in [-0.2, 0) is 17.9 Å². The van der Waals surface area contributed by atoms with Crippen molar-refractivity contribution in [3.05, 3.63) is 53.6 Å². The first-order chi connectivity index (χ1) is 12.1. The third-order valence-electron chi connectivity index (χ3n) is 4.05. The number of aromatic nitrogens is 2. The molecular weight excluding hydrogens is 339 g/mol. The summed E-state index contributed by atoms with van der Waals surface area (Å²) in [5.41, 5.74) is 1.94. The van der Waals surface area contributed by atoms with Crippen molar-refractivity contribution in [1.82, 2.24) is 20.2 Å². The van der Waals surface area contributed by atoms with Crippen LogP contribution in [0, 0.1) is 5.82 Å². The molecule has 1 aromatic heterocycles. The van der Waals surface area contributed by atoms with Crippen molar-refractivity contribution in [1.29, 1.82) is 0 Å². The number of rotatable bonds is 7. The summed E-state index contributed by atoms with van der Waals surface area (Å²) in [4.78, 5) is 22.6. The van der Waals surface area contributed by atoms with Gasteiger partial charge in [-0.2, -0.15) is 0 Å². The summed E-state index contributed by atoms with van der Waals surface area (Å²) in [6, 6.07) is 6.39. The molecule has 3 rings (SSSR count). The minimum atomic E-state index is -0.262. The Bertz CT molecular complexity index is 708. The maximum atomic E-state index is 13.0. The molecule has 1 fully saturated rings. The van der Waals surface area contributed by atoms with Crippen LogP contribution in [0.3, 0.4) is 0 Å². The van der Waals surface area contributed by atoms with Crippen LogP contribution in [0.25, 0.3) is 0 Å². The summed E-state index contributed by atoms with van der Waals surface area (Å²) in [5, 5.41) is 4.18. The predicted molar refractivity (Wildman–Crippen MR) is 95.5 cm³/mol. The molecule has 1 aromatic carbocycles. The second-order valence-electron chi connectivity index (χ2n) is 5.99. The largest absolute Gasteiger partial charge is 0.337 e. The van der Waals surface area contributed by atoms with Gasteiger partial charge in [0.2, 0.25) is 5.91 Å². The number of nitrogens with one attached hydrogen (secondary N) is 1. The van der Waals surface area contributed by atoms with Crippen molar-refractivity contribution in [2.45, 2.75) is 37.6 Å². The number of amides is 1. The Morgan fingerprint density at radius 2 is 1.96 bits per heavy atom. The lowest BCUT2D eigenvalue weighted by molar-refractivity contribution is -0.128. The Morgan fingerprint density at radius 3 is 2.64 bits per heavy atom. The molecule has 2 heterocycles. The first kappa shape index (κ1) is 17.8. The van der Waals surface area contributed by atoms with Crippen LogP contribution in [0.4, 0.5) is 4.39 Å². The van der Waals surface area contributed by atoms with Gasteiger partial charge in [0.25, 0.3) is 0 Å². The lowest BCUT2D eigenvalue weighted by Crippen LogP contribution is -2.32. The molecule has 0 unspecified atom stereocenters. The monoisotopic (exact) mass is 360 g/mol. The molecule has 1 amide bonds. The van der Waals surface area contributed by atoms with E-state index in [2.05, 4.69) is 22.2 Å². The normalized spacial score (nSPS) is 17.3. The van der Waals surface area contributed by atoms with Crippen LogP contribution in [0.2, 0.25) is 0 Å². The fourth-order valence-corrected chi connectivity index (χ4v) is 3.28. The standard InChI is InChI=1S/C18H21FN4OS/c1-2-25-18-21-9-14(10-22-18)8-20-16-7-17(24)23(12-16)11-13-3-5-15(19)6-4-13/h3-6,9-10,16,20H,2,7-8,11-12H2,1H3/t16-/m1/s1. The van der Waals surface area contributed by atoms with E-state index in [1.807, 2.05) is 17.3 Å². The fourth-order valence-electron chi connectivity index (χ4n) is 2.77. The molecule has 5 nitrogen and oxygen atoms in total. The van der Waals surface area contributed by atoms with Gasteiger partial charge in [-0.1, -0.05) is 30.8 Å². The number of carbonyl (C=O) groups is 1. The average Bonchev–Trinajstić information content (AvgIpc) is 2.96. The second-order valence-corrected chi connectivity index (χ2v) is 7.22. The lowest BCUT2D eigenvalue weighted by atomic mass is 10.2. The van der Waals surface area contributed by atoms with Gasteiger partial charge in [0.15, 0.2) is 5.16 Å². The quantitative estimate of drug-likeness (QED) is 0.608. The molecule has 0 saturated carbocycles. The van der Waals surface area contributed by atoms with Crippen molar-refractivity contribution in [2.75, 3.05) is 12.3 Å².